The van der Waals surface area contributed by atoms with Crippen molar-refractivity contribution in [1.82, 2.24) is 0 Å². The molecule has 0 unspecified atom stereocenters. The normalized spacial score (nSPS) is 11.4. The van der Waals surface area contributed by atoms with Crippen LogP contribution in [0.15, 0.2) is 79.7 Å². The highest BCUT2D eigenvalue weighted by molar-refractivity contribution is 6.34. The summed E-state index contributed by atoms with van der Waals surface area (Å²) < 4.78 is 22.0. The molecule has 0 atom stereocenters. The predicted octanol–water partition coefficient (Wildman–Crippen LogP) is 8.10. The van der Waals surface area contributed by atoms with Crippen LogP contribution in [0.25, 0.3) is 22.6 Å². The zero-order valence-electron chi connectivity index (χ0n) is 21.9. The van der Waals surface area contributed by atoms with Gasteiger partial charge in [-0.2, -0.15) is 10.2 Å². The van der Waals surface area contributed by atoms with Gasteiger partial charge in [-0.15, -0.1) is 0 Å². The van der Waals surface area contributed by atoms with Crippen molar-refractivity contribution in [2.24, 2.45) is 10.2 Å². The first-order chi connectivity index (χ1) is 19.4. The first kappa shape index (κ1) is 28.9. The van der Waals surface area contributed by atoms with Crippen molar-refractivity contribution in [1.29, 1.82) is 0 Å². The molecule has 0 aliphatic rings. The van der Waals surface area contributed by atoms with Crippen molar-refractivity contribution < 1.29 is 27.9 Å². The van der Waals surface area contributed by atoms with Crippen LogP contribution >= 0.6 is 23.2 Å². The molecule has 4 rings (SSSR count). The Kier molecular flexibility index (Phi) is 9.94. The number of rotatable bonds is 11. The molecular weight excluding hydrogens is 555 g/mol. The fraction of sp³-hybridized carbons (Fsp3) is 0.200. The number of hydrogen-bond donors (Lipinski definition) is 0. The van der Waals surface area contributed by atoms with Gasteiger partial charge in [0, 0.05) is 11.1 Å². The van der Waals surface area contributed by atoms with Crippen LogP contribution in [0.4, 0.5) is 0 Å². The molecule has 2 aromatic heterocycles. The van der Waals surface area contributed by atoms with E-state index in [1.54, 1.807) is 60.7 Å². The number of furan rings is 2. The molecule has 0 radical (unpaired) electrons. The average molecular weight is 581 g/mol. The van der Waals surface area contributed by atoms with E-state index in [0.717, 1.165) is 0 Å². The number of ether oxygens (including phenoxy) is 2. The Hall–Kier alpha value is -4.14. The molecule has 2 heterocycles. The molecule has 4 aromatic rings. The van der Waals surface area contributed by atoms with Gasteiger partial charge in [-0.3, -0.25) is 0 Å². The Balaban J connectivity index is 1.41. The molecule has 206 valence electrons. The van der Waals surface area contributed by atoms with Gasteiger partial charge in [0.15, 0.2) is 0 Å². The molecule has 0 N–H and O–H groups in total. The third-order valence-corrected chi connectivity index (χ3v) is 6.17. The van der Waals surface area contributed by atoms with Gasteiger partial charge >= 0.3 is 11.9 Å². The number of halogens is 2. The van der Waals surface area contributed by atoms with E-state index < -0.39 is 11.9 Å². The summed E-state index contributed by atoms with van der Waals surface area (Å²) in [6, 6.07) is 17.0. The Bertz CT molecular complexity index is 1440. The summed E-state index contributed by atoms with van der Waals surface area (Å²) in [4.78, 5) is 24.5. The number of benzene rings is 2. The van der Waals surface area contributed by atoms with E-state index in [1.165, 1.54) is 12.4 Å². The summed E-state index contributed by atoms with van der Waals surface area (Å²) in [7, 11) is 0. The molecule has 40 heavy (non-hydrogen) atoms. The Morgan fingerprint density at radius 3 is 1.52 bits per heavy atom. The fourth-order valence-corrected chi connectivity index (χ4v) is 3.94. The largest absolute Gasteiger partial charge is 0.462 e. The number of carbonyl (C=O) groups excluding carboxylic acids is 2. The zero-order chi connectivity index (χ0) is 28.5. The first-order valence-corrected chi connectivity index (χ1v) is 13.3. The predicted molar refractivity (Wildman–Crippen MR) is 155 cm³/mol. The van der Waals surface area contributed by atoms with Crippen LogP contribution in [0.3, 0.4) is 0 Å². The lowest BCUT2D eigenvalue weighted by Crippen LogP contribution is -2.06. The van der Waals surface area contributed by atoms with Crippen molar-refractivity contribution in [3.8, 4) is 22.6 Å². The van der Waals surface area contributed by atoms with E-state index in [4.69, 9.17) is 41.5 Å². The van der Waals surface area contributed by atoms with E-state index >= 15 is 0 Å². The highest BCUT2D eigenvalue weighted by atomic mass is 35.5. The molecule has 0 aliphatic heterocycles. The molecular formula is C30H26Cl2N2O6. The third kappa shape index (κ3) is 7.28. The van der Waals surface area contributed by atoms with E-state index in [0.29, 0.717) is 70.3 Å². The number of hydrogen-bond acceptors (Lipinski definition) is 8. The molecule has 0 amide bonds. The maximum atomic E-state index is 12.3. The lowest BCUT2D eigenvalue weighted by Gasteiger charge is -2.06. The quantitative estimate of drug-likeness (QED) is 0.101. The van der Waals surface area contributed by atoms with Crippen molar-refractivity contribution in [2.45, 2.75) is 26.7 Å². The maximum absolute atomic E-state index is 12.3. The van der Waals surface area contributed by atoms with Crippen LogP contribution < -0.4 is 0 Å². The second-order valence-electron chi connectivity index (χ2n) is 8.55. The lowest BCUT2D eigenvalue weighted by atomic mass is 10.1. The van der Waals surface area contributed by atoms with E-state index in [9.17, 15) is 9.59 Å². The summed E-state index contributed by atoms with van der Waals surface area (Å²) in [5, 5.41) is 8.64. The van der Waals surface area contributed by atoms with Crippen LogP contribution in [0.1, 0.15) is 58.9 Å². The molecule has 0 aliphatic carbocycles. The highest BCUT2D eigenvalue weighted by Crippen LogP contribution is 2.28. The number of esters is 2. The summed E-state index contributed by atoms with van der Waals surface area (Å²) in [5.74, 6) is 1.01. The fourth-order valence-electron chi connectivity index (χ4n) is 3.55. The molecule has 2 aromatic carbocycles. The molecule has 0 bridgehead atoms. The first-order valence-electron chi connectivity index (χ1n) is 12.6. The summed E-state index contributed by atoms with van der Waals surface area (Å²) in [6.07, 6.45) is 4.33. The number of carbonyl (C=O) groups is 2. The Morgan fingerprint density at radius 1 is 0.700 bits per heavy atom. The SMILES string of the molecule is CCCOC(=O)c1cc(-c2ccc(C=NN=Cc3ccc(-c4ccc(Cl)c(C(=O)OCCC)c4)o3)o2)ccc1Cl. The van der Waals surface area contributed by atoms with E-state index in [2.05, 4.69) is 10.2 Å². The molecule has 8 nitrogen and oxygen atoms in total. The van der Waals surface area contributed by atoms with Crippen molar-refractivity contribution in [2.75, 3.05) is 13.2 Å². The van der Waals surface area contributed by atoms with Gasteiger partial charge in [-0.05, 0) is 73.5 Å². The zero-order valence-corrected chi connectivity index (χ0v) is 23.4. The van der Waals surface area contributed by atoms with E-state index in [1.807, 2.05) is 13.8 Å². The minimum absolute atomic E-state index is 0.271. The summed E-state index contributed by atoms with van der Waals surface area (Å²) in [6.45, 7) is 4.47. The lowest BCUT2D eigenvalue weighted by molar-refractivity contribution is 0.0496. The number of nitrogens with zero attached hydrogens (tertiary/aromatic N) is 2. The van der Waals surface area contributed by atoms with Crippen LogP contribution in [-0.2, 0) is 9.47 Å². The second-order valence-corrected chi connectivity index (χ2v) is 9.37. The van der Waals surface area contributed by atoms with Gasteiger partial charge in [0.2, 0.25) is 0 Å². The maximum Gasteiger partial charge on any atom is 0.339 e. The third-order valence-electron chi connectivity index (χ3n) is 5.51. The van der Waals surface area contributed by atoms with Gasteiger partial charge in [0.25, 0.3) is 0 Å². The molecule has 0 fully saturated rings. The van der Waals surface area contributed by atoms with E-state index in [-0.39, 0.29) is 11.1 Å². The minimum Gasteiger partial charge on any atom is -0.462 e. The van der Waals surface area contributed by atoms with Crippen LogP contribution in [0.5, 0.6) is 0 Å². The Labute approximate surface area is 241 Å². The van der Waals surface area contributed by atoms with Crippen LogP contribution in [0.2, 0.25) is 10.0 Å². The molecule has 0 saturated carbocycles. The summed E-state index contributed by atoms with van der Waals surface area (Å²) in [5.41, 5.74) is 1.88. The monoisotopic (exact) mass is 580 g/mol. The van der Waals surface area contributed by atoms with Crippen molar-refractivity contribution in [3.05, 3.63) is 93.4 Å². The minimum atomic E-state index is -0.483. The Morgan fingerprint density at radius 2 is 1.12 bits per heavy atom. The molecule has 10 heteroatoms. The van der Waals surface area contributed by atoms with Crippen molar-refractivity contribution in [3.63, 3.8) is 0 Å². The van der Waals surface area contributed by atoms with Crippen LogP contribution in [-0.4, -0.2) is 37.6 Å². The molecule has 0 saturated heterocycles. The standard InChI is InChI=1S/C30H26Cl2N2O6/c1-3-13-37-29(35)23-15-19(5-9-25(23)31)27-11-7-21(39-27)17-33-34-18-22-8-12-28(40-22)20-6-10-26(32)24(16-20)30(36)38-14-4-2/h5-12,15-18H,3-4,13-14H2,1-2H3. The summed E-state index contributed by atoms with van der Waals surface area (Å²) >= 11 is 12.4. The second kappa shape index (κ2) is 13.8. The van der Waals surface area contributed by atoms with Gasteiger partial charge in [0.1, 0.15) is 23.0 Å². The average Bonchev–Trinajstić information content (AvgIpc) is 3.63. The van der Waals surface area contributed by atoms with Gasteiger partial charge in [-0.1, -0.05) is 37.0 Å². The molecule has 0 spiro atoms. The van der Waals surface area contributed by atoms with Gasteiger partial charge < -0.3 is 18.3 Å². The highest BCUT2D eigenvalue weighted by Gasteiger charge is 2.16. The topological polar surface area (TPSA) is 104 Å². The van der Waals surface area contributed by atoms with Gasteiger partial charge in [0.05, 0.1) is 46.8 Å². The van der Waals surface area contributed by atoms with Crippen LogP contribution in [0, 0.1) is 0 Å². The van der Waals surface area contributed by atoms with Gasteiger partial charge in [-0.25, -0.2) is 9.59 Å². The van der Waals surface area contributed by atoms with Crippen molar-refractivity contribution >= 4 is 47.6 Å². The smallest absolute Gasteiger partial charge is 0.339 e.